The van der Waals surface area contributed by atoms with Gasteiger partial charge in [0.05, 0.1) is 18.6 Å². The summed E-state index contributed by atoms with van der Waals surface area (Å²) in [6.07, 6.45) is -0.301. The summed E-state index contributed by atoms with van der Waals surface area (Å²) >= 11 is 11.9. The molecule has 0 aromatic carbocycles. The van der Waals surface area contributed by atoms with E-state index in [0.717, 1.165) is 0 Å². The molecule has 0 aromatic rings. The molecule has 0 heterocycles. The van der Waals surface area contributed by atoms with E-state index in [0.29, 0.717) is 23.0 Å². The zero-order valence-electron chi connectivity index (χ0n) is 11.1. The number of thiol groups is 3. The van der Waals surface area contributed by atoms with Crippen molar-refractivity contribution in [3.63, 3.8) is 0 Å². The fourth-order valence-corrected chi connectivity index (χ4v) is 1.51. The molecule has 1 atom stereocenters. The van der Waals surface area contributed by atoms with Crippen molar-refractivity contribution in [1.29, 1.82) is 0 Å². The molecule has 0 saturated carbocycles. The molecule has 20 heavy (non-hydrogen) atoms. The lowest BCUT2D eigenvalue weighted by molar-refractivity contribution is -0.161. The lowest BCUT2D eigenvalue weighted by atomic mass is 10.4. The first kappa shape index (κ1) is 19.5. The highest BCUT2D eigenvalue weighted by Gasteiger charge is 2.17. The van der Waals surface area contributed by atoms with Crippen molar-refractivity contribution in [3.05, 3.63) is 12.3 Å². The Hall–Kier alpha value is -0.470. The van der Waals surface area contributed by atoms with Crippen LogP contribution in [0.1, 0.15) is 12.8 Å². The molecule has 8 heteroatoms. The van der Waals surface area contributed by atoms with Crippen molar-refractivity contribution in [2.24, 2.45) is 0 Å². The molecule has 0 rings (SSSR count). The molecule has 0 aliphatic rings. The number of rotatable bonds is 11. The lowest BCUT2D eigenvalue weighted by Crippen LogP contribution is -2.30. The summed E-state index contributed by atoms with van der Waals surface area (Å²) in [5.74, 6) is 0.769. The van der Waals surface area contributed by atoms with Crippen molar-refractivity contribution in [2.75, 3.05) is 30.5 Å². The Balaban J connectivity index is 4.26. The van der Waals surface area contributed by atoms with Gasteiger partial charge in [0.2, 0.25) is 0 Å². The minimum atomic E-state index is -0.678. The molecule has 116 valence electrons. The van der Waals surface area contributed by atoms with Crippen molar-refractivity contribution in [1.82, 2.24) is 0 Å². The SMILES string of the molecule is C=C(CS)OCC(COC(=O)CCS)OC(=O)CCS. The van der Waals surface area contributed by atoms with E-state index in [1.165, 1.54) is 0 Å². The van der Waals surface area contributed by atoms with Gasteiger partial charge in [-0.25, -0.2) is 0 Å². The zero-order chi connectivity index (χ0) is 15.4. The molecule has 0 aliphatic carbocycles. The Kier molecular flexibility index (Phi) is 12.0. The minimum Gasteiger partial charge on any atom is -0.494 e. The highest BCUT2D eigenvalue weighted by Crippen LogP contribution is 2.04. The van der Waals surface area contributed by atoms with Crippen LogP contribution in [0, 0.1) is 0 Å². The van der Waals surface area contributed by atoms with Gasteiger partial charge >= 0.3 is 11.9 Å². The second-order valence-corrected chi connectivity index (χ2v) is 4.96. The monoisotopic (exact) mass is 340 g/mol. The van der Waals surface area contributed by atoms with E-state index in [-0.39, 0.29) is 26.1 Å². The Morgan fingerprint density at radius 1 is 0.950 bits per heavy atom. The van der Waals surface area contributed by atoms with Gasteiger partial charge in [0, 0.05) is 17.3 Å². The molecule has 0 radical (unpaired) electrons. The molecule has 0 N–H and O–H groups in total. The molecule has 0 aromatic heterocycles. The van der Waals surface area contributed by atoms with Crippen LogP contribution < -0.4 is 0 Å². The van der Waals surface area contributed by atoms with Crippen LogP contribution >= 0.6 is 37.9 Å². The number of carbonyl (C=O) groups is 2. The normalized spacial score (nSPS) is 11.6. The zero-order valence-corrected chi connectivity index (χ0v) is 13.8. The lowest BCUT2D eigenvalue weighted by Gasteiger charge is -2.18. The summed E-state index contributed by atoms with van der Waals surface area (Å²) in [5.41, 5.74) is 0. The molecule has 0 spiro atoms. The second kappa shape index (κ2) is 12.3. The summed E-state index contributed by atoms with van der Waals surface area (Å²) in [4.78, 5) is 22.7. The van der Waals surface area contributed by atoms with Gasteiger partial charge in [0.15, 0.2) is 6.10 Å². The third kappa shape index (κ3) is 10.3. The predicted octanol–water partition coefficient (Wildman–Crippen LogP) is 1.54. The molecule has 0 amide bonds. The van der Waals surface area contributed by atoms with Crippen molar-refractivity contribution in [3.8, 4) is 0 Å². The average Bonchev–Trinajstić information content (AvgIpc) is 2.42. The molecule has 5 nitrogen and oxygen atoms in total. The first-order chi connectivity index (χ1) is 9.53. The van der Waals surface area contributed by atoms with Crippen LogP contribution in [-0.2, 0) is 23.8 Å². The summed E-state index contributed by atoms with van der Waals surface area (Å²) in [7, 11) is 0. The van der Waals surface area contributed by atoms with Crippen molar-refractivity contribution < 1.29 is 23.8 Å². The van der Waals surface area contributed by atoms with Crippen LogP contribution in [0.3, 0.4) is 0 Å². The van der Waals surface area contributed by atoms with Crippen LogP contribution in [-0.4, -0.2) is 48.5 Å². The standard InChI is InChI=1S/C12H20O5S3/c1-9(8-20)15-6-10(17-12(14)3-5-19)7-16-11(13)2-4-18/h10,18-20H,1-8H2. The maximum absolute atomic E-state index is 11.4. The van der Waals surface area contributed by atoms with Gasteiger partial charge in [-0.15, -0.1) is 0 Å². The van der Waals surface area contributed by atoms with Gasteiger partial charge in [-0.05, 0) is 0 Å². The van der Waals surface area contributed by atoms with Crippen LogP contribution in [0.5, 0.6) is 0 Å². The van der Waals surface area contributed by atoms with E-state index in [9.17, 15) is 9.59 Å². The first-order valence-corrected chi connectivity index (χ1v) is 7.91. The number of carbonyl (C=O) groups excluding carboxylic acids is 2. The topological polar surface area (TPSA) is 61.8 Å². The third-order valence-corrected chi connectivity index (χ3v) is 2.81. The van der Waals surface area contributed by atoms with Gasteiger partial charge in [-0.2, -0.15) is 37.9 Å². The van der Waals surface area contributed by atoms with Gasteiger partial charge in [-0.3, -0.25) is 9.59 Å². The molecule has 0 saturated heterocycles. The minimum absolute atomic E-state index is 0.0614. The Bertz CT molecular complexity index is 322. The summed E-state index contributed by atoms with van der Waals surface area (Å²) in [5, 5.41) is 0. The van der Waals surface area contributed by atoms with Crippen LogP contribution in [0.25, 0.3) is 0 Å². The number of esters is 2. The molecular formula is C12H20O5S3. The smallest absolute Gasteiger partial charge is 0.307 e. The number of hydrogen-bond acceptors (Lipinski definition) is 8. The molecule has 0 fully saturated rings. The van der Waals surface area contributed by atoms with Gasteiger partial charge in [0.1, 0.15) is 13.2 Å². The third-order valence-electron chi connectivity index (χ3n) is 2.01. The predicted molar refractivity (Wildman–Crippen MR) is 86.7 cm³/mol. The van der Waals surface area contributed by atoms with E-state index in [2.05, 4.69) is 44.5 Å². The average molecular weight is 340 g/mol. The highest BCUT2D eigenvalue weighted by atomic mass is 32.1. The van der Waals surface area contributed by atoms with E-state index in [1.54, 1.807) is 0 Å². The van der Waals surface area contributed by atoms with E-state index >= 15 is 0 Å². The molecule has 0 bridgehead atoms. The van der Waals surface area contributed by atoms with Gasteiger partial charge in [-0.1, -0.05) is 6.58 Å². The number of hydrogen-bond donors (Lipinski definition) is 3. The van der Waals surface area contributed by atoms with Crippen LogP contribution in [0.2, 0.25) is 0 Å². The summed E-state index contributed by atoms with van der Waals surface area (Å²) < 4.78 is 15.4. The van der Waals surface area contributed by atoms with Crippen molar-refractivity contribution in [2.45, 2.75) is 18.9 Å². The Labute approximate surface area is 135 Å². The first-order valence-electron chi connectivity index (χ1n) is 6.01. The largest absolute Gasteiger partial charge is 0.494 e. The summed E-state index contributed by atoms with van der Waals surface area (Å²) in [6, 6.07) is 0. The maximum atomic E-state index is 11.4. The second-order valence-electron chi connectivity index (χ2n) is 3.75. The van der Waals surface area contributed by atoms with E-state index in [1.807, 2.05) is 0 Å². The fraction of sp³-hybridized carbons (Fsp3) is 0.667. The quantitative estimate of drug-likeness (QED) is 0.303. The molecule has 1 unspecified atom stereocenters. The Morgan fingerprint density at radius 2 is 1.50 bits per heavy atom. The fourth-order valence-electron chi connectivity index (χ4n) is 1.06. The van der Waals surface area contributed by atoms with Gasteiger partial charge < -0.3 is 14.2 Å². The maximum Gasteiger partial charge on any atom is 0.307 e. The molecular weight excluding hydrogens is 320 g/mol. The molecule has 0 aliphatic heterocycles. The number of ether oxygens (including phenoxy) is 3. The van der Waals surface area contributed by atoms with E-state index < -0.39 is 18.0 Å². The van der Waals surface area contributed by atoms with Crippen LogP contribution in [0.4, 0.5) is 0 Å². The summed E-state index contributed by atoms with van der Waals surface area (Å²) in [6.45, 7) is 3.61. The van der Waals surface area contributed by atoms with Crippen LogP contribution in [0.15, 0.2) is 12.3 Å². The highest BCUT2D eigenvalue weighted by molar-refractivity contribution is 7.80. The Morgan fingerprint density at radius 3 is 2.05 bits per heavy atom. The van der Waals surface area contributed by atoms with Crippen molar-refractivity contribution >= 4 is 49.8 Å². The van der Waals surface area contributed by atoms with E-state index in [4.69, 9.17) is 14.2 Å². The van der Waals surface area contributed by atoms with Gasteiger partial charge in [0.25, 0.3) is 0 Å².